The lowest BCUT2D eigenvalue weighted by molar-refractivity contribution is 0.413. The molecule has 0 fully saturated rings. The Kier molecular flexibility index (Phi) is 2.37. The zero-order chi connectivity index (χ0) is 11.1. The molecule has 0 bridgehead atoms. The number of hydrogen-bond donors (Lipinski definition) is 0. The normalized spacial score (nSPS) is 15.7. The summed E-state index contributed by atoms with van der Waals surface area (Å²) in [5, 5.41) is 0. The van der Waals surface area contributed by atoms with Gasteiger partial charge in [-0.1, -0.05) is 32.9 Å². The van der Waals surface area contributed by atoms with Gasteiger partial charge in [0.2, 0.25) is 0 Å². The summed E-state index contributed by atoms with van der Waals surface area (Å²) in [7, 11) is 2.15. The van der Waals surface area contributed by atoms with Gasteiger partial charge >= 0.3 is 0 Å². The molecule has 2 nitrogen and oxygen atoms in total. The molecule has 0 N–H and O–H groups in total. The second kappa shape index (κ2) is 3.44. The summed E-state index contributed by atoms with van der Waals surface area (Å²) in [4.78, 5) is 4.76. The summed E-state index contributed by atoms with van der Waals surface area (Å²) in [6.45, 7) is 8.97. The lowest BCUT2D eigenvalue weighted by Gasteiger charge is -2.28. The Balaban J connectivity index is 2.25. The largest absolute Gasteiger partial charge is 0.355 e. The second-order valence-corrected chi connectivity index (χ2v) is 5.59. The minimum atomic E-state index is 0.346. The highest BCUT2D eigenvalue weighted by Crippen LogP contribution is 2.36. The van der Waals surface area contributed by atoms with Crippen molar-refractivity contribution < 1.29 is 0 Å². The molecule has 1 aliphatic rings. The van der Waals surface area contributed by atoms with Crippen LogP contribution in [0.3, 0.4) is 0 Å². The number of rotatable bonds is 1. The Morgan fingerprint density at radius 3 is 2.33 bits per heavy atom. The first kappa shape index (κ1) is 10.3. The monoisotopic (exact) mass is 204 g/mol. The third-order valence-electron chi connectivity index (χ3n) is 2.68. The molecule has 0 radical (unpaired) electrons. The molecular formula is C13H20N2. The zero-order valence-electron chi connectivity index (χ0n) is 10.1. The number of fused-ring (bicyclic) bond motifs is 1. The molecule has 0 aliphatic carbocycles. The van der Waals surface area contributed by atoms with Crippen molar-refractivity contribution in [1.82, 2.24) is 0 Å². The van der Waals surface area contributed by atoms with Crippen LogP contribution in [0.4, 0.5) is 11.4 Å². The van der Waals surface area contributed by atoms with Crippen molar-refractivity contribution >= 4 is 11.4 Å². The van der Waals surface area contributed by atoms with Gasteiger partial charge in [0, 0.05) is 13.6 Å². The van der Waals surface area contributed by atoms with Crippen LogP contribution in [0.5, 0.6) is 0 Å². The fraction of sp³-hybridized carbons (Fsp3) is 0.538. The molecule has 15 heavy (non-hydrogen) atoms. The summed E-state index contributed by atoms with van der Waals surface area (Å²) < 4.78 is 0. The molecule has 0 unspecified atom stereocenters. The Hall–Kier alpha value is -1.18. The predicted molar refractivity (Wildman–Crippen MR) is 66.5 cm³/mol. The Bertz CT molecular complexity index is 352. The molecule has 1 heterocycles. The van der Waals surface area contributed by atoms with E-state index in [9.17, 15) is 0 Å². The number of anilines is 2. The number of para-hydroxylation sites is 2. The van der Waals surface area contributed by atoms with Gasteiger partial charge < -0.3 is 9.80 Å². The summed E-state index contributed by atoms with van der Waals surface area (Å²) in [6.07, 6.45) is 0. The minimum absolute atomic E-state index is 0.346. The standard InChI is InChI=1S/C13H20N2/c1-13(2,3)9-15-10-14(4)11-7-5-6-8-12(11)15/h5-8H,9-10H2,1-4H3. The average Bonchev–Trinajstić information content (AvgIpc) is 2.42. The van der Waals surface area contributed by atoms with Crippen LogP contribution in [0.15, 0.2) is 24.3 Å². The van der Waals surface area contributed by atoms with Crippen LogP contribution in [-0.2, 0) is 0 Å². The van der Waals surface area contributed by atoms with Crippen LogP contribution < -0.4 is 9.80 Å². The lowest BCUT2D eigenvalue weighted by atomic mass is 9.96. The summed E-state index contributed by atoms with van der Waals surface area (Å²) >= 11 is 0. The molecule has 2 rings (SSSR count). The SMILES string of the molecule is CN1CN(CC(C)(C)C)c2ccccc21. The van der Waals surface area contributed by atoms with Gasteiger partial charge in [0.1, 0.15) is 0 Å². The van der Waals surface area contributed by atoms with Crippen LogP contribution in [0.1, 0.15) is 20.8 Å². The number of nitrogens with zero attached hydrogens (tertiary/aromatic N) is 2. The first-order valence-electron chi connectivity index (χ1n) is 5.52. The van der Waals surface area contributed by atoms with Gasteiger partial charge in [-0.15, -0.1) is 0 Å². The fourth-order valence-corrected chi connectivity index (χ4v) is 2.17. The van der Waals surface area contributed by atoms with Crippen LogP contribution in [0.25, 0.3) is 0 Å². The molecule has 0 atom stereocenters. The first-order valence-corrected chi connectivity index (χ1v) is 5.52. The van der Waals surface area contributed by atoms with Crippen LogP contribution in [0, 0.1) is 5.41 Å². The van der Waals surface area contributed by atoms with Crippen molar-refractivity contribution in [3.8, 4) is 0 Å². The molecule has 0 amide bonds. The van der Waals surface area contributed by atoms with E-state index in [2.05, 4.69) is 61.9 Å². The summed E-state index contributed by atoms with van der Waals surface area (Å²) in [6, 6.07) is 8.63. The third kappa shape index (κ3) is 2.09. The van der Waals surface area contributed by atoms with E-state index in [-0.39, 0.29) is 0 Å². The molecule has 0 aromatic heterocycles. The van der Waals surface area contributed by atoms with Crippen molar-refractivity contribution in [1.29, 1.82) is 0 Å². The maximum Gasteiger partial charge on any atom is 0.0901 e. The van der Waals surface area contributed by atoms with E-state index in [0.29, 0.717) is 5.41 Å². The number of hydrogen-bond acceptors (Lipinski definition) is 2. The van der Waals surface area contributed by atoms with E-state index in [0.717, 1.165) is 13.2 Å². The molecule has 0 spiro atoms. The van der Waals surface area contributed by atoms with E-state index in [1.54, 1.807) is 0 Å². The summed E-state index contributed by atoms with van der Waals surface area (Å²) in [5.74, 6) is 0. The zero-order valence-corrected chi connectivity index (χ0v) is 10.1. The summed E-state index contributed by atoms with van der Waals surface area (Å²) in [5.41, 5.74) is 3.06. The van der Waals surface area contributed by atoms with Gasteiger partial charge in [-0.3, -0.25) is 0 Å². The number of benzene rings is 1. The Morgan fingerprint density at radius 2 is 1.73 bits per heavy atom. The van der Waals surface area contributed by atoms with Gasteiger partial charge in [0.15, 0.2) is 0 Å². The highest BCUT2D eigenvalue weighted by Gasteiger charge is 2.25. The van der Waals surface area contributed by atoms with E-state index in [4.69, 9.17) is 0 Å². The quantitative estimate of drug-likeness (QED) is 0.694. The molecule has 0 saturated heterocycles. The van der Waals surface area contributed by atoms with Crippen molar-refractivity contribution in [3.05, 3.63) is 24.3 Å². The van der Waals surface area contributed by atoms with Gasteiger partial charge in [-0.05, 0) is 17.5 Å². The molecule has 0 saturated carbocycles. The van der Waals surface area contributed by atoms with Crippen LogP contribution in [-0.4, -0.2) is 20.3 Å². The lowest BCUT2D eigenvalue weighted by Crippen LogP contribution is -2.34. The molecule has 1 aliphatic heterocycles. The van der Waals surface area contributed by atoms with Crippen molar-refractivity contribution in [2.75, 3.05) is 30.1 Å². The van der Waals surface area contributed by atoms with E-state index < -0.39 is 0 Å². The smallest absolute Gasteiger partial charge is 0.0901 e. The van der Waals surface area contributed by atoms with Crippen LogP contribution in [0.2, 0.25) is 0 Å². The maximum absolute atomic E-state index is 2.45. The predicted octanol–water partition coefficient (Wildman–Crippen LogP) is 2.95. The Labute approximate surface area is 92.5 Å². The fourth-order valence-electron chi connectivity index (χ4n) is 2.17. The van der Waals surface area contributed by atoms with E-state index in [1.807, 2.05) is 0 Å². The Morgan fingerprint density at radius 1 is 1.13 bits per heavy atom. The first-order chi connectivity index (χ1) is 6.97. The van der Waals surface area contributed by atoms with E-state index >= 15 is 0 Å². The molecule has 1 aromatic carbocycles. The highest BCUT2D eigenvalue weighted by molar-refractivity contribution is 5.75. The van der Waals surface area contributed by atoms with Crippen LogP contribution >= 0.6 is 0 Å². The van der Waals surface area contributed by atoms with Gasteiger partial charge in [0.25, 0.3) is 0 Å². The third-order valence-corrected chi connectivity index (χ3v) is 2.68. The minimum Gasteiger partial charge on any atom is -0.355 e. The van der Waals surface area contributed by atoms with E-state index in [1.165, 1.54) is 11.4 Å². The van der Waals surface area contributed by atoms with Gasteiger partial charge in [-0.2, -0.15) is 0 Å². The maximum atomic E-state index is 2.45. The van der Waals surface area contributed by atoms with Crippen molar-refractivity contribution in [2.24, 2.45) is 5.41 Å². The van der Waals surface area contributed by atoms with Crippen molar-refractivity contribution in [3.63, 3.8) is 0 Å². The second-order valence-electron chi connectivity index (χ2n) is 5.59. The molecule has 1 aromatic rings. The van der Waals surface area contributed by atoms with Gasteiger partial charge in [0.05, 0.1) is 18.0 Å². The molecular weight excluding hydrogens is 184 g/mol. The molecule has 2 heteroatoms. The highest BCUT2D eigenvalue weighted by atomic mass is 15.4. The van der Waals surface area contributed by atoms with Crippen molar-refractivity contribution in [2.45, 2.75) is 20.8 Å². The topological polar surface area (TPSA) is 6.48 Å². The average molecular weight is 204 g/mol. The van der Waals surface area contributed by atoms with Gasteiger partial charge in [-0.25, -0.2) is 0 Å². The molecule has 82 valence electrons.